The van der Waals surface area contributed by atoms with Crippen molar-refractivity contribution in [3.63, 3.8) is 0 Å². The first kappa shape index (κ1) is 22.1. The summed E-state index contributed by atoms with van der Waals surface area (Å²) in [5.41, 5.74) is 1.01. The van der Waals surface area contributed by atoms with Crippen molar-refractivity contribution in [2.75, 3.05) is 35.6 Å². The third-order valence-electron chi connectivity index (χ3n) is 5.26. The van der Waals surface area contributed by atoms with E-state index in [4.69, 9.17) is 11.6 Å². The third kappa shape index (κ3) is 4.90. The van der Waals surface area contributed by atoms with E-state index in [1.54, 1.807) is 36.4 Å². The topological polar surface area (TPSA) is 86.8 Å². The van der Waals surface area contributed by atoms with E-state index in [-0.39, 0.29) is 29.0 Å². The van der Waals surface area contributed by atoms with Gasteiger partial charge in [-0.2, -0.15) is 4.31 Å². The molecule has 31 heavy (non-hydrogen) atoms. The third-order valence-corrected chi connectivity index (χ3v) is 8.45. The molecular weight excluding hydrogens is 458 g/mol. The first-order valence-corrected chi connectivity index (χ1v) is 12.8. The highest BCUT2D eigenvalue weighted by Gasteiger charge is 2.31. The summed E-state index contributed by atoms with van der Waals surface area (Å²) in [6, 6.07) is 11.5. The Morgan fingerprint density at radius 3 is 2.48 bits per heavy atom. The number of rotatable bonds is 5. The zero-order valence-corrected chi connectivity index (χ0v) is 19.1. The molecule has 0 atom stereocenters. The van der Waals surface area contributed by atoms with E-state index in [1.807, 2.05) is 0 Å². The fourth-order valence-corrected chi connectivity index (χ4v) is 6.23. The maximum atomic E-state index is 13.1. The molecule has 1 N–H and O–H groups in total. The van der Waals surface area contributed by atoms with Crippen LogP contribution in [-0.2, 0) is 19.6 Å². The first-order valence-electron chi connectivity index (χ1n) is 9.97. The van der Waals surface area contributed by atoms with Gasteiger partial charge in [0.1, 0.15) is 6.54 Å². The number of carbonyl (C=O) groups excluding carboxylic acids is 2. The van der Waals surface area contributed by atoms with Gasteiger partial charge in [-0.3, -0.25) is 9.59 Å². The second kappa shape index (κ2) is 9.20. The van der Waals surface area contributed by atoms with Gasteiger partial charge < -0.3 is 10.2 Å². The number of hydrogen-bond acceptors (Lipinski definition) is 5. The molecule has 0 radical (unpaired) electrons. The van der Waals surface area contributed by atoms with Gasteiger partial charge in [0.25, 0.3) is 0 Å². The monoisotopic (exact) mass is 479 g/mol. The highest BCUT2D eigenvalue weighted by atomic mass is 35.5. The quantitative estimate of drug-likeness (QED) is 0.708. The molecule has 7 nitrogen and oxygen atoms in total. The minimum atomic E-state index is -3.64. The molecule has 164 valence electrons. The van der Waals surface area contributed by atoms with Crippen LogP contribution in [0, 0.1) is 0 Å². The second-order valence-electron chi connectivity index (χ2n) is 7.42. The molecule has 4 rings (SSSR count). The van der Waals surface area contributed by atoms with E-state index in [9.17, 15) is 18.0 Å². The Balaban J connectivity index is 1.58. The number of amides is 2. The Morgan fingerprint density at radius 2 is 1.77 bits per heavy atom. The van der Waals surface area contributed by atoms with Crippen LogP contribution in [-0.4, -0.2) is 49.9 Å². The van der Waals surface area contributed by atoms with Crippen molar-refractivity contribution >= 4 is 56.6 Å². The summed E-state index contributed by atoms with van der Waals surface area (Å²) in [4.78, 5) is 27.5. The van der Waals surface area contributed by atoms with Crippen LogP contribution in [0.2, 0.25) is 5.02 Å². The molecule has 2 aliphatic rings. The number of hydrogen-bond donors (Lipinski definition) is 1. The summed E-state index contributed by atoms with van der Waals surface area (Å²) in [7, 11) is -3.64. The van der Waals surface area contributed by atoms with Crippen molar-refractivity contribution in [3.8, 4) is 0 Å². The zero-order chi connectivity index (χ0) is 22.0. The molecule has 2 aromatic carbocycles. The lowest BCUT2D eigenvalue weighted by Crippen LogP contribution is -2.41. The predicted molar refractivity (Wildman–Crippen MR) is 122 cm³/mol. The van der Waals surface area contributed by atoms with E-state index in [2.05, 4.69) is 5.32 Å². The Bertz CT molecular complexity index is 1100. The zero-order valence-electron chi connectivity index (χ0n) is 16.7. The number of anilines is 2. The summed E-state index contributed by atoms with van der Waals surface area (Å²) in [5.74, 6) is -0.423. The van der Waals surface area contributed by atoms with Crippen molar-refractivity contribution in [1.29, 1.82) is 0 Å². The lowest BCUT2D eigenvalue weighted by Gasteiger charge is -2.30. The van der Waals surface area contributed by atoms with Gasteiger partial charge in [-0.05, 0) is 55.3 Å². The van der Waals surface area contributed by atoms with Gasteiger partial charge in [-0.25, -0.2) is 8.42 Å². The van der Waals surface area contributed by atoms with Gasteiger partial charge in [-0.1, -0.05) is 18.0 Å². The van der Waals surface area contributed by atoms with Crippen molar-refractivity contribution in [2.24, 2.45) is 0 Å². The SMILES string of the molecule is O=C(CN1C(=O)CSc2ccc(S(=O)(=O)N3CCCCC3)cc21)Nc1ccc(Cl)cc1. The average Bonchev–Trinajstić information content (AvgIpc) is 2.77. The molecule has 1 fully saturated rings. The molecule has 0 bridgehead atoms. The summed E-state index contributed by atoms with van der Waals surface area (Å²) in [5, 5.41) is 3.29. The molecule has 0 unspecified atom stereocenters. The molecule has 10 heteroatoms. The van der Waals surface area contributed by atoms with Gasteiger partial charge in [0, 0.05) is 28.7 Å². The van der Waals surface area contributed by atoms with E-state index in [0.29, 0.717) is 29.5 Å². The highest BCUT2D eigenvalue weighted by molar-refractivity contribution is 8.00. The van der Waals surface area contributed by atoms with Crippen LogP contribution in [0.25, 0.3) is 0 Å². The Kier molecular flexibility index (Phi) is 6.57. The minimum Gasteiger partial charge on any atom is -0.325 e. The maximum Gasteiger partial charge on any atom is 0.244 e. The molecule has 2 heterocycles. The first-order chi connectivity index (χ1) is 14.8. The van der Waals surface area contributed by atoms with Crippen LogP contribution in [0.15, 0.2) is 52.3 Å². The summed E-state index contributed by atoms with van der Waals surface area (Å²) in [6.07, 6.45) is 2.71. The smallest absolute Gasteiger partial charge is 0.244 e. The molecule has 1 saturated heterocycles. The van der Waals surface area contributed by atoms with Crippen LogP contribution in [0.5, 0.6) is 0 Å². The second-order valence-corrected chi connectivity index (χ2v) is 10.8. The van der Waals surface area contributed by atoms with Crippen LogP contribution >= 0.6 is 23.4 Å². The predicted octanol–water partition coefficient (Wildman–Crippen LogP) is 3.59. The van der Waals surface area contributed by atoms with Gasteiger partial charge in [0.15, 0.2) is 0 Å². The number of halogens is 1. The van der Waals surface area contributed by atoms with Crippen molar-refractivity contribution in [1.82, 2.24) is 4.31 Å². The fraction of sp³-hybridized carbons (Fsp3) is 0.333. The van der Waals surface area contributed by atoms with E-state index >= 15 is 0 Å². The van der Waals surface area contributed by atoms with Crippen LogP contribution in [0.1, 0.15) is 19.3 Å². The lowest BCUT2D eigenvalue weighted by atomic mass is 10.2. The molecule has 2 aromatic rings. The number of benzene rings is 2. The summed E-state index contributed by atoms with van der Waals surface area (Å²) < 4.78 is 27.6. The molecule has 0 aliphatic carbocycles. The van der Waals surface area contributed by atoms with Gasteiger partial charge >= 0.3 is 0 Å². The Labute approximate surface area is 190 Å². The van der Waals surface area contributed by atoms with Crippen molar-refractivity contribution in [3.05, 3.63) is 47.5 Å². The molecule has 2 amide bonds. The van der Waals surface area contributed by atoms with Gasteiger partial charge in [0.05, 0.1) is 16.3 Å². The molecule has 0 aromatic heterocycles. The van der Waals surface area contributed by atoms with Gasteiger partial charge in [-0.15, -0.1) is 11.8 Å². The van der Waals surface area contributed by atoms with Crippen molar-refractivity contribution < 1.29 is 18.0 Å². The lowest BCUT2D eigenvalue weighted by molar-refractivity contribution is -0.120. The molecule has 2 aliphatic heterocycles. The molecule has 0 saturated carbocycles. The Morgan fingerprint density at radius 1 is 1.06 bits per heavy atom. The number of carbonyl (C=O) groups is 2. The van der Waals surface area contributed by atoms with E-state index in [0.717, 1.165) is 24.2 Å². The molecule has 0 spiro atoms. The molecular formula is C21H22ClN3O4S2. The number of piperidine rings is 1. The largest absolute Gasteiger partial charge is 0.325 e. The number of fused-ring (bicyclic) bond motifs is 1. The van der Waals surface area contributed by atoms with E-state index < -0.39 is 10.0 Å². The summed E-state index contributed by atoms with van der Waals surface area (Å²) in [6.45, 7) is 0.795. The Hall–Kier alpha value is -2.07. The standard InChI is InChI=1S/C21H22ClN3O4S2/c22-15-4-6-16(7-5-15)23-20(26)13-25-18-12-17(8-9-19(18)30-14-21(25)27)31(28,29)24-10-2-1-3-11-24/h4-9,12H,1-3,10-11,13-14H2,(H,23,26). The average molecular weight is 480 g/mol. The fourth-order valence-electron chi connectivity index (χ4n) is 3.65. The van der Waals surface area contributed by atoms with Crippen LogP contribution in [0.4, 0.5) is 11.4 Å². The number of nitrogens with one attached hydrogen (secondary N) is 1. The van der Waals surface area contributed by atoms with Crippen molar-refractivity contribution in [2.45, 2.75) is 29.1 Å². The van der Waals surface area contributed by atoms with Crippen LogP contribution < -0.4 is 10.2 Å². The van der Waals surface area contributed by atoms with Crippen LogP contribution in [0.3, 0.4) is 0 Å². The van der Waals surface area contributed by atoms with Gasteiger partial charge in [0.2, 0.25) is 21.8 Å². The minimum absolute atomic E-state index is 0.145. The summed E-state index contributed by atoms with van der Waals surface area (Å²) >= 11 is 7.21. The number of sulfonamides is 1. The normalized spacial score (nSPS) is 17.3. The highest BCUT2D eigenvalue weighted by Crippen LogP contribution is 2.37. The number of nitrogens with zero attached hydrogens (tertiary/aromatic N) is 2. The maximum absolute atomic E-state index is 13.1. The van der Waals surface area contributed by atoms with E-state index in [1.165, 1.54) is 27.0 Å². The number of thioether (sulfide) groups is 1.